The van der Waals surface area contributed by atoms with Crippen LogP contribution in [0.4, 0.5) is 11.4 Å². The molecule has 2 amide bonds. The van der Waals surface area contributed by atoms with E-state index < -0.39 is 29.7 Å². The largest absolute Gasteiger partial charge is 0.462 e. The topological polar surface area (TPSA) is 137 Å². The highest BCUT2D eigenvalue weighted by atomic mass is 16.5. The predicted molar refractivity (Wildman–Crippen MR) is 143 cm³/mol. The highest BCUT2D eigenvalue weighted by molar-refractivity contribution is 6.11. The summed E-state index contributed by atoms with van der Waals surface area (Å²) in [6.07, 6.45) is 1.49. The number of unbranched alkanes of at least 4 members (excludes halogenated alkanes) is 1. The first-order chi connectivity index (χ1) is 18.7. The third-order valence-electron chi connectivity index (χ3n) is 5.25. The zero-order valence-electron chi connectivity index (χ0n) is 21.7. The molecule has 202 valence electrons. The lowest BCUT2D eigenvalue weighted by Crippen LogP contribution is -2.19. The zero-order valence-corrected chi connectivity index (χ0v) is 21.7. The quantitative estimate of drug-likeness (QED) is 0.211. The lowest BCUT2D eigenvalue weighted by molar-refractivity contribution is -0.132. The zero-order chi connectivity index (χ0) is 28.4. The van der Waals surface area contributed by atoms with Crippen LogP contribution >= 0.6 is 0 Å². The van der Waals surface area contributed by atoms with Gasteiger partial charge in [0.15, 0.2) is 0 Å². The van der Waals surface area contributed by atoms with Crippen LogP contribution in [0.2, 0.25) is 0 Å². The SMILES string of the molecule is CCCCOC(=O)c1ccc(NC(=O)c2ccccc2OC(C)=O)cc1NC(=O)c1ccccc1OC(C)=O. The Bertz CT molecular complexity index is 1400. The molecule has 0 fully saturated rings. The Labute approximate surface area is 225 Å². The van der Waals surface area contributed by atoms with Crippen LogP contribution in [0.25, 0.3) is 0 Å². The van der Waals surface area contributed by atoms with E-state index in [-0.39, 0.29) is 46.2 Å². The summed E-state index contributed by atoms with van der Waals surface area (Å²) in [6, 6.07) is 16.6. The molecule has 39 heavy (non-hydrogen) atoms. The van der Waals surface area contributed by atoms with Gasteiger partial charge in [-0.1, -0.05) is 37.6 Å². The fourth-order valence-electron chi connectivity index (χ4n) is 3.47. The van der Waals surface area contributed by atoms with Crippen molar-refractivity contribution in [2.75, 3.05) is 17.2 Å². The number of hydrogen-bond donors (Lipinski definition) is 2. The van der Waals surface area contributed by atoms with Crippen molar-refractivity contribution in [2.45, 2.75) is 33.6 Å². The molecule has 0 bridgehead atoms. The molecule has 0 saturated heterocycles. The van der Waals surface area contributed by atoms with Gasteiger partial charge in [-0.15, -0.1) is 0 Å². The molecule has 3 rings (SSSR count). The maximum Gasteiger partial charge on any atom is 0.340 e. The minimum Gasteiger partial charge on any atom is -0.462 e. The van der Waals surface area contributed by atoms with Crippen molar-refractivity contribution in [3.8, 4) is 11.5 Å². The number of para-hydroxylation sites is 2. The van der Waals surface area contributed by atoms with E-state index in [9.17, 15) is 24.0 Å². The van der Waals surface area contributed by atoms with Crippen LogP contribution < -0.4 is 20.1 Å². The second kappa shape index (κ2) is 13.5. The lowest BCUT2D eigenvalue weighted by Gasteiger charge is -2.15. The van der Waals surface area contributed by atoms with E-state index in [1.165, 1.54) is 56.3 Å². The number of anilines is 2. The maximum atomic E-state index is 13.2. The number of benzene rings is 3. The molecule has 3 aromatic rings. The number of rotatable bonds is 10. The molecule has 10 heteroatoms. The smallest absolute Gasteiger partial charge is 0.340 e. The highest BCUT2D eigenvalue weighted by Crippen LogP contribution is 2.27. The van der Waals surface area contributed by atoms with Gasteiger partial charge in [0.05, 0.1) is 29.0 Å². The molecule has 0 aliphatic carbocycles. The summed E-state index contributed by atoms with van der Waals surface area (Å²) in [5.74, 6) is -2.96. The number of esters is 3. The summed E-state index contributed by atoms with van der Waals surface area (Å²) in [4.78, 5) is 61.8. The molecule has 0 aliphatic rings. The van der Waals surface area contributed by atoms with Crippen LogP contribution in [0, 0.1) is 0 Å². The van der Waals surface area contributed by atoms with Gasteiger partial charge in [-0.3, -0.25) is 19.2 Å². The van der Waals surface area contributed by atoms with Crippen molar-refractivity contribution in [2.24, 2.45) is 0 Å². The third-order valence-corrected chi connectivity index (χ3v) is 5.25. The molecule has 0 heterocycles. The van der Waals surface area contributed by atoms with Crippen molar-refractivity contribution in [3.05, 3.63) is 83.4 Å². The monoisotopic (exact) mass is 532 g/mol. The van der Waals surface area contributed by atoms with Crippen molar-refractivity contribution in [3.63, 3.8) is 0 Å². The Morgan fingerprint density at radius 3 is 1.77 bits per heavy atom. The molecule has 0 atom stereocenters. The fourth-order valence-corrected chi connectivity index (χ4v) is 3.47. The summed E-state index contributed by atoms with van der Waals surface area (Å²) >= 11 is 0. The Morgan fingerprint density at radius 1 is 0.692 bits per heavy atom. The number of carbonyl (C=O) groups excluding carboxylic acids is 5. The van der Waals surface area contributed by atoms with Gasteiger partial charge in [0.1, 0.15) is 11.5 Å². The van der Waals surface area contributed by atoms with E-state index in [4.69, 9.17) is 14.2 Å². The van der Waals surface area contributed by atoms with Crippen LogP contribution in [0.15, 0.2) is 66.7 Å². The predicted octanol–water partition coefficient (Wildman–Crippen LogP) is 5.00. The Morgan fingerprint density at radius 2 is 1.23 bits per heavy atom. The van der Waals surface area contributed by atoms with Gasteiger partial charge in [-0.2, -0.15) is 0 Å². The molecule has 0 radical (unpaired) electrons. The van der Waals surface area contributed by atoms with E-state index >= 15 is 0 Å². The number of amides is 2. The molecular weight excluding hydrogens is 504 g/mol. The first-order valence-electron chi connectivity index (χ1n) is 12.2. The molecular formula is C29H28N2O8. The number of ether oxygens (including phenoxy) is 3. The molecule has 0 aliphatic heterocycles. The van der Waals surface area contributed by atoms with E-state index in [0.717, 1.165) is 6.42 Å². The molecule has 10 nitrogen and oxygen atoms in total. The van der Waals surface area contributed by atoms with Gasteiger partial charge in [0.2, 0.25) is 0 Å². The third kappa shape index (κ3) is 8.00. The van der Waals surface area contributed by atoms with Crippen LogP contribution in [0.5, 0.6) is 11.5 Å². The van der Waals surface area contributed by atoms with Crippen molar-refractivity contribution in [1.29, 1.82) is 0 Å². The van der Waals surface area contributed by atoms with Crippen LogP contribution in [0.3, 0.4) is 0 Å². The van der Waals surface area contributed by atoms with Crippen LogP contribution in [-0.2, 0) is 14.3 Å². The number of nitrogens with one attached hydrogen (secondary N) is 2. The fraction of sp³-hybridized carbons (Fsp3) is 0.207. The van der Waals surface area contributed by atoms with Gasteiger partial charge < -0.3 is 24.8 Å². The second-order valence-electron chi connectivity index (χ2n) is 8.34. The average molecular weight is 533 g/mol. The van der Waals surface area contributed by atoms with Gasteiger partial charge in [0.25, 0.3) is 11.8 Å². The van der Waals surface area contributed by atoms with E-state index in [0.29, 0.717) is 6.42 Å². The summed E-state index contributed by atoms with van der Waals surface area (Å²) in [6.45, 7) is 4.59. The molecule has 3 aromatic carbocycles. The normalized spacial score (nSPS) is 10.2. The summed E-state index contributed by atoms with van der Waals surface area (Å²) in [7, 11) is 0. The Balaban J connectivity index is 1.93. The molecule has 0 aromatic heterocycles. The van der Waals surface area contributed by atoms with Crippen LogP contribution in [0.1, 0.15) is 64.7 Å². The van der Waals surface area contributed by atoms with E-state index in [1.807, 2.05) is 6.92 Å². The van der Waals surface area contributed by atoms with Crippen molar-refractivity contribution >= 4 is 41.1 Å². The van der Waals surface area contributed by atoms with Crippen molar-refractivity contribution < 1.29 is 38.2 Å². The minimum absolute atomic E-state index is 0.0427. The number of carbonyl (C=O) groups is 5. The standard InChI is InChI=1S/C29H28N2O8/c1-4-5-16-37-29(36)21-15-14-20(30-27(34)22-10-6-8-12-25(22)38-18(2)32)17-24(21)31-28(35)23-11-7-9-13-26(23)39-19(3)33/h6-15,17H,4-5,16H2,1-3H3,(H,30,34)(H,31,35). The highest BCUT2D eigenvalue weighted by Gasteiger charge is 2.20. The molecule has 0 unspecified atom stereocenters. The lowest BCUT2D eigenvalue weighted by atomic mass is 10.1. The Hall–Kier alpha value is -4.99. The summed E-state index contributed by atoms with van der Waals surface area (Å²) < 4.78 is 15.6. The summed E-state index contributed by atoms with van der Waals surface area (Å²) in [5, 5.41) is 5.33. The molecule has 0 spiro atoms. The molecule has 2 N–H and O–H groups in total. The van der Waals surface area contributed by atoms with Gasteiger partial charge in [-0.25, -0.2) is 4.79 Å². The van der Waals surface area contributed by atoms with Crippen molar-refractivity contribution in [1.82, 2.24) is 0 Å². The first kappa shape index (κ1) is 28.6. The first-order valence-corrected chi connectivity index (χ1v) is 12.2. The maximum absolute atomic E-state index is 13.2. The molecule has 0 saturated carbocycles. The van der Waals surface area contributed by atoms with E-state index in [2.05, 4.69) is 10.6 Å². The van der Waals surface area contributed by atoms with Gasteiger partial charge in [-0.05, 0) is 48.9 Å². The second-order valence-corrected chi connectivity index (χ2v) is 8.34. The number of hydrogen-bond acceptors (Lipinski definition) is 8. The van der Waals surface area contributed by atoms with Gasteiger partial charge in [0, 0.05) is 19.5 Å². The van der Waals surface area contributed by atoms with E-state index in [1.54, 1.807) is 24.3 Å². The van der Waals surface area contributed by atoms with Crippen LogP contribution in [-0.4, -0.2) is 36.3 Å². The Kier molecular flexibility index (Phi) is 9.91. The summed E-state index contributed by atoms with van der Waals surface area (Å²) in [5.41, 5.74) is 0.527. The van der Waals surface area contributed by atoms with Gasteiger partial charge >= 0.3 is 17.9 Å². The average Bonchev–Trinajstić information content (AvgIpc) is 2.88. The minimum atomic E-state index is -0.662.